The van der Waals surface area contributed by atoms with E-state index in [1.165, 1.54) is 4.31 Å². The minimum atomic E-state index is -4.13. The van der Waals surface area contributed by atoms with Crippen LogP contribution in [0.1, 0.15) is 54.4 Å². The second kappa shape index (κ2) is 15.2. The Bertz CT molecular complexity index is 1700. The van der Waals surface area contributed by atoms with E-state index in [0.717, 1.165) is 54.4 Å². The van der Waals surface area contributed by atoms with Crippen molar-refractivity contribution in [3.63, 3.8) is 0 Å². The van der Waals surface area contributed by atoms with E-state index in [2.05, 4.69) is 5.32 Å². The molecule has 1 atom stereocenters. The molecule has 4 aromatic carbocycles. The quantitative estimate of drug-likeness (QED) is 0.190. The molecule has 0 radical (unpaired) electrons. The van der Waals surface area contributed by atoms with E-state index in [0.29, 0.717) is 12.1 Å². The summed E-state index contributed by atoms with van der Waals surface area (Å²) >= 11 is 0. The van der Waals surface area contributed by atoms with Crippen LogP contribution in [0.25, 0.3) is 0 Å². The monoisotopic (exact) mass is 637 g/mol. The highest BCUT2D eigenvalue weighted by Crippen LogP contribution is 2.26. The molecule has 1 aliphatic rings. The van der Waals surface area contributed by atoms with Crippen molar-refractivity contribution in [2.75, 3.05) is 10.8 Å². The molecule has 0 bridgehead atoms. The first-order valence-electron chi connectivity index (χ1n) is 16.0. The van der Waals surface area contributed by atoms with Gasteiger partial charge in [-0.05, 0) is 67.6 Å². The fourth-order valence-corrected chi connectivity index (χ4v) is 7.43. The average Bonchev–Trinajstić information content (AvgIpc) is 3.06. The number of hydrogen-bond donors (Lipinski definition) is 1. The lowest BCUT2D eigenvalue weighted by Gasteiger charge is -2.35. The fraction of sp³-hybridized carbons (Fsp3) is 0.316. The van der Waals surface area contributed by atoms with Crippen LogP contribution in [0.5, 0.6) is 0 Å². The van der Waals surface area contributed by atoms with Crippen molar-refractivity contribution in [3.05, 3.63) is 131 Å². The topological polar surface area (TPSA) is 86.8 Å². The molecule has 0 aliphatic heterocycles. The largest absolute Gasteiger partial charge is 0.352 e. The van der Waals surface area contributed by atoms with Gasteiger partial charge in [0.25, 0.3) is 10.0 Å². The minimum Gasteiger partial charge on any atom is -0.352 e. The maximum absolute atomic E-state index is 14.6. The van der Waals surface area contributed by atoms with Gasteiger partial charge in [-0.1, -0.05) is 110 Å². The highest BCUT2D eigenvalue weighted by molar-refractivity contribution is 7.92. The summed E-state index contributed by atoms with van der Waals surface area (Å²) in [6, 6.07) is 32.1. The lowest BCUT2D eigenvalue weighted by atomic mass is 9.94. The Morgan fingerprint density at radius 2 is 1.39 bits per heavy atom. The third-order valence-corrected chi connectivity index (χ3v) is 10.4. The van der Waals surface area contributed by atoms with Crippen LogP contribution in [0.3, 0.4) is 0 Å². The minimum absolute atomic E-state index is 0.0545. The predicted molar refractivity (Wildman–Crippen MR) is 183 cm³/mol. The number of amides is 2. The van der Waals surface area contributed by atoms with E-state index < -0.39 is 28.5 Å². The molecule has 0 heterocycles. The Hall–Kier alpha value is -4.43. The highest BCUT2D eigenvalue weighted by atomic mass is 32.2. The van der Waals surface area contributed by atoms with Gasteiger partial charge < -0.3 is 10.2 Å². The fourth-order valence-electron chi connectivity index (χ4n) is 6.03. The normalized spacial score (nSPS) is 14.3. The van der Waals surface area contributed by atoms with Gasteiger partial charge in [0.2, 0.25) is 11.8 Å². The van der Waals surface area contributed by atoms with E-state index in [-0.39, 0.29) is 23.4 Å². The predicted octanol–water partition coefficient (Wildman–Crippen LogP) is 6.59. The molecular formula is C38H43N3O4S. The van der Waals surface area contributed by atoms with Gasteiger partial charge in [0, 0.05) is 19.0 Å². The Labute approximate surface area is 273 Å². The van der Waals surface area contributed by atoms with Gasteiger partial charge in [-0.2, -0.15) is 0 Å². The first-order chi connectivity index (χ1) is 22.2. The molecule has 1 aliphatic carbocycles. The van der Waals surface area contributed by atoms with E-state index in [1.807, 2.05) is 80.6 Å². The summed E-state index contributed by atoms with van der Waals surface area (Å²) in [5, 5.41) is 3.25. The Morgan fingerprint density at radius 1 is 0.761 bits per heavy atom. The molecule has 5 rings (SSSR count). The highest BCUT2D eigenvalue weighted by Gasteiger charge is 2.35. The number of carbonyl (C=O) groups is 2. The molecule has 2 amide bonds. The number of nitrogens with one attached hydrogen (secondary N) is 1. The van der Waals surface area contributed by atoms with Crippen molar-refractivity contribution < 1.29 is 18.0 Å². The number of hydrogen-bond acceptors (Lipinski definition) is 4. The zero-order valence-electron chi connectivity index (χ0n) is 26.6. The zero-order chi connectivity index (χ0) is 32.5. The Kier molecular flexibility index (Phi) is 10.9. The lowest BCUT2D eigenvalue weighted by Crippen LogP contribution is -2.55. The third-order valence-electron chi connectivity index (χ3n) is 8.60. The van der Waals surface area contributed by atoms with Crippen LogP contribution in [0.2, 0.25) is 0 Å². The molecule has 0 aromatic heterocycles. The first-order valence-corrected chi connectivity index (χ1v) is 17.5. The van der Waals surface area contributed by atoms with Crippen molar-refractivity contribution in [2.24, 2.45) is 0 Å². The number of aryl methyl sites for hydroxylation is 2. The standard InChI is InChI=1S/C38H43N3O4S/c1-29-21-23-35(24-22-29)46(44,45)41(34-20-12-13-30(2)25-34)28-37(42)40(27-32-16-8-4-9-17-32)36(26-31-14-6-3-7-15-31)38(43)39-33-18-10-5-11-19-33/h3-4,6-9,12-17,20-25,33,36H,5,10-11,18-19,26-28H2,1-2H3,(H,39,43). The molecule has 8 heteroatoms. The third kappa shape index (κ3) is 8.43. The second-order valence-electron chi connectivity index (χ2n) is 12.2. The summed E-state index contributed by atoms with van der Waals surface area (Å²) in [5.41, 5.74) is 3.95. The summed E-state index contributed by atoms with van der Waals surface area (Å²) in [6.45, 7) is 3.47. The first kappa shape index (κ1) is 32.9. The summed E-state index contributed by atoms with van der Waals surface area (Å²) < 4.78 is 29.6. The van der Waals surface area contributed by atoms with Gasteiger partial charge in [0.05, 0.1) is 10.6 Å². The maximum Gasteiger partial charge on any atom is 0.264 e. The Balaban J connectivity index is 1.55. The molecule has 0 spiro atoms. The molecule has 1 saturated carbocycles. The van der Waals surface area contributed by atoms with Crippen LogP contribution in [-0.2, 0) is 32.6 Å². The molecule has 7 nitrogen and oxygen atoms in total. The van der Waals surface area contributed by atoms with Crippen molar-refractivity contribution in [1.29, 1.82) is 0 Å². The van der Waals surface area contributed by atoms with E-state index >= 15 is 0 Å². The SMILES string of the molecule is Cc1ccc(S(=O)(=O)N(CC(=O)N(Cc2ccccc2)C(Cc2ccccc2)C(=O)NC2CCCCC2)c2cccc(C)c2)cc1. The van der Waals surface area contributed by atoms with Crippen LogP contribution in [0.15, 0.2) is 114 Å². The molecule has 1 N–H and O–H groups in total. The summed E-state index contributed by atoms with van der Waals surface area (Å²) in [4.78, 5) is 30.4. The summed E-state index contributed by atoms with van der Waals surface area (Å²) in [6.07, 6.45) is 5.39. The van der Waals surface area contributed by atoms with E-state index in [4.69, 9.17) is 0 Å². The van der Waals surface area contributed by atoms with Crippen LogP contribution >= 0.6 is 0 Å². The number of nitrogens with zero attached hydrogens (tertiary/aromatic N) is 2. The van der Waals surface area contributed by atoms with Gasteiger partial charge >= 0.3 is 0 Å². The summed E-state index contributed by atoms with van der Waals surface area (Å²) in [5.74, 6) is -0.677. The average molecular weight is 638 g/mol. The van der Waals surface area contributed by atoms with Crippen LogP contribution in [0, 0.1) is 13.8 Å². The second-order valence-corrected chi connectivity index (χ2v) is 14.1. The number of carbonyl (C=O) groups excluding carboxylic acids is 2. The molecule has 1 fully saturated rings. The lowest BCUT2D eigenvalue weighted by molar-refractivity contribution is -0.140. The van der Waals surface area contributed by atoms with Gasteiger partial charge in [0.1, 0.15) is 12.6 Å². The number of benzene rings is 4. The molecule has 4 aromatic rings. The van der Waals surface area contributed by atoms with Crippen LogP contribution < -0.4 is 9.62 Å². The summed E-state index contributed by atoms with van der Waals surface area (Å²) in [7, 11) is -4.13. The zero-order valence-corrected chi connectivity index (χ0v) is 27.5. The molecular weight excluding hydrogens is 595 g/mol. The van der Waals surface area contributed by atoms with E-state index in [9.17, 15) is 18.0 Å². The van der Waals surface area contributed by atoms with Gasteiger partial charge in [0.15, 0.2) is 0 Å². The van der Waals surface area contributed by atoms with Crippen molar-refractivity contribution in [3.8, 4) is 0 Å². The van der Waals surface area contributed by atoms with Crippen LogP contribution in [0.4, 0.5) is 5.69 Å². The van der Waals surface area contributed by atoms with Crippen LogP contribution in [-0.4, -0.2) is 43.8 Å². The van der Waals surface area contributed by atoms with Crippen molar-refractivity contribution in [1.82, 2.24) is 10.2 Å². The smallest absolute Gasteiger partial charge is 0.264 e. The number of anilines is 1. The Morgan fingerprint density at radius 3 is 2.02 bits per heavy atom. The number of sulfonamides is 1. The maximum atomic E-state index is 14.6. The van der Waals surface area contributed by atoms with Gasteiger partial charge in [-0.3, -0.25) is 13.9 Å². The van der Waals surface area contributed by atoms with Crippen molar-refractivity contribution in [2.45, 2.75) is 75.9 Å². The van der Waals surface area contributed by atoms with E-state index in [1.54, 1.807) is 47.4 Å². The number of rotatable bonds is 12. The van der Waals surface area contributed by atoms with Gasteiger partial charge in [-0.25, -0.2) is 8.42 Å². The van der Waals surface area contributed by atoms with Crippen molar-refractivity contribution >= 4 is 27.5 Å². The van der Waals surface area contributed by atoms with Gasteiger partial charge in [-0.15, -0.1) is 0 Å². The molecule has 240 valence electrons. The molecule has 46 heavy (non-hydrogen) atoms. The molecule has 1 unspecified atom stereocenters. The molecule has 0 saturated heterocycles.